The highest BCUT2D eigenvalue weighted by Gasteiger charge is 2.32. The summed E-state index contributed by atoms with van der Waals surface area (Å²) in [5, 5.41) is 0. The summed E-state index contributed by atoms with van der Waals surface area (Å²) in [6.07, 6.45) is -0.457. The molecule has 98 valence electrons. The average molecular weight is 249 g/mol. The van der Waals surface area contributed by atoms with Crippen molar-refractivity contribution in [2.24, 2.45) is 0 Å². The number of anilines is 2. The van der Waals surface area contributed by atoms with Crippen molar-refractivity contribution in [3.05, 3.63) is 18.2 Å². The van der Waals surface area contributed by atoms with Crippen LogP contribution in [0.2, 0.25) is 0 Å². The van der Waals surface area contributed by atoms with Crippen LogP contribution in [-0.2, 0) is 4.79 Å². The molecule has 0 aliphatic carbocycles. The van der Waals surface area contributed by atoms with Gasteiger partial charge in [0, 0.05) is 13.1 Å². The third-order valence-electron chi connectivity index (χ3n) is 2.99. The predicted molar refractivity (Wildman–Crippen MR) is 71.9 cm³/mol. The van der Waals surface area contributed by atoms with E-state index in [9.17, 15) is 4.79 Å². The van der Waals surface area contributed by atoms with Crippen LogP contribution < -0.4 is 15.4 Å². The van der Waals surface area contributed by atoms with E-state index in [1.807, 2.05) is 31.1 Å². The Kier molecular flexibility index (Phi) is 3.43. The number of benzene rings is 1. The second-order valence-electron chi connectivity index (χ2n) is 4.75. The molecule has 1 unspecified atom stereocenters. The third-order valence-corrected chi connectivity index (χ3v) is 2.99. The van der Waals surface area contributed by atoms with Gasteiger partial charge >= 0.3 is 0 Å². The van der Waals surface area contributed by atoms with Crippen LogP contribution in [0.4, 0.5) is 11.4 Å². The van der Waals surface area contributed by atoms with Gasteiger partial charge < -0.3 is 20.3 Å². The topological polar surface area (TPSA) is 58.8 Å². The number of ether oxygens (including phenoxy) is 1. The molecule has 5 nitrogen and oxygen atoms in total. The molecule has 0 aromatic heterocycles. The number of nitrogens with zero attached hydrogens (tertiary/aromatic N) is 2. The van der Waals surface area contributed by atoms with Crippen LogP contribution in [0.3, 0.4) is 0 Å². The first-order valence-corrected chi connectivity index (χ1v) is 6.02. The molecule has 18 heavy (non-hydrogen) atoms. The molecule has 1 aliphatic heterocycles. The van der Waals surface area contributed by atoms with Crippen molar-refractivity contribution >= 4 is 17.3 Å². The fraction of sp³-hybridized carbons (Fsp3) is 0.462. The number of carbonyl (C=O) groups excluding carboxylic acids is 1. The maximum atomic E-state index is 12.2. The van der Waals surface area contributed by atoms with Crippen LogP contribution in [0.5, 0.6) is 5.75 Å². The molecule has 0 saturated carbocycles. The lowest BCUT2D eigenvalue weighted by atomic mass is 10.1. The average Bonchev–Trinajstić information content (AvgIpc) is 2.30. The Morgan fingerprint density at radius 3 is 2.83 bits per heavy atom. The second kappa shape index (κ2) is 4.86. The quantitative estimate of drug-likeness (QED) is 0.810. The van der Waals surface area contributed by atoms with Crippen LogP contribution >= 0.6 is 0 Å². The molecule has 0 fully saturated rings. The van der Waals surface area contributed by atoms with Gasteiger partial charge in [-0.2, -0.15) is 0 Å². The van der Waals surface area contributed by atoms with Gasteiger partial charge in [0.15, 0.2) is 6.10 Å². The molecular weight excluding hydrogens is 230 g/mol. The van der Waals surface area contributed by atoms with Crippen LogP contribution in [0.25, 0.3) is 0 Å². The number of amides is 1. The molecule has 1 aromatic carbocycles. The zero-order valence-electron chi connectivity index (χ0n) is 11.0. The van der Waals surface area contributed by atoms with E-state index in [-0.39, 0.29) is 5.91 Å². The molecule has 2 rings (SSSR count). The van der Waals surface area contributed by atoms with Gasteiger partial charge in [0.2, 0.25) is 0 Å². The van der Waals surface area contributed by atoms with Gasteiger partial charge in [-0.05, 0) is 33.2 Å². The van der Waals surface area contributed by atoms with Crippen LogP contribution in [0, 0.1) is 0 Å². The molecule has 1 aromatic rings. The monoisotopic (exact) mass is 249 g/mol. The van der Waals surface area contributed by atoms with Gasteiger partial charge in [-0.1, -0.05) is 6.07 Å². The van der Waals surface area contributed by atoms with E-state index in [1.165, 1.54) is 0 Å². The molecule has 1 amide bonds. The molecule has 0 saturated heterocycles. The highest BCUT2D eigenvalue weighted by Crippen LogP contribution is 2.38. The lowest BCUT2D eigenvalue weighted by Gasteiger charge is -2.34. The highest BCUT2D eigenvalue weighted by molar-refractivity contribution is 6.02. The maximum Gasteiger partial charge on any atom is 0.267 e. The van der Waals surface area contributed by atoms with Crippen LogP contribution in [0.15, 0.2) is 18.2 Å². The number of para-hydroxylation sites is 1. The van der Waals surface area contributed by atoms with E-state index in [2.05, 4.69) is 0 Å². The number of rotatable bonds is 3. The number of likely N-dealkylation sites (N-methyl/N-ethyl adjacent to an activating group) is 1. The van der Waals surface area contributed by atoms with Crippen molar-refractivity contribution in [1.82, 2.24) is 4.90 Å². The Hall–Kier alpha value is -1.75. The largest absolute Gasteiger partial charge is 0.479 e. The van der Waals surface area contributed by atoms with Crippen molar-refractivity contribution in [2.75, 3.05) is 37.8 Å². The zero-order valence-corrected chi connectivity index (χ0v) is 11.0. The van der Waals surface area contributed by atoms with E-state index in [1.54, 1.807) is 17.9 Å². The lowest BCUT2D eigenvalue weighted by Crippen LogP contribution is -2.47. The highest BCUT2D eigenvalue weighted by atomic mass is 16.5. The Labute approximate surface area is 107 Å². The number of hydrogen-bond donors (Lipinski definition) is 1. The van der Waals surface area contributed by atoms with E-state index in [0.29, 0.717) is 23.7 Å². The summed E-state index contributed by atoms with van der Waals surface area (Å²) >= 11 is 0. The van der Waals surface area contributed by atoms with Crippen molar-refractivity contribution < 1.29 is 9.53 Å². The number of nitrogen functional groups attached to an aromatic ring is 1. The number of hydrogen-bond acceptors (Lipinski definition) is 4. The van der Waals surface area contributed by atoms with Crippen molar-refractivity contribution in [2.45, 2.75) is 13.0 Å². The van der Waals surface area contributed by atoms with E-state index in [4.69, 9.17) is 10.5 Å². The lowest BCUT2D eigenvalue weighted by molar-refractivity contribution is -0.125. The minimum absolute atomic E-state index is 0.0396. The number of carbonyl (C=O) groups is 1. The van der Waals surface area contributed by atoms with Gasteiger partial charge in [-0.25, -0.2) is 0 Å². The SMILES string of the molecule is CC1Oc2cccc(N)c2N(CCN(C)C)C1=O. The first kappa shape index (κ1) is 12.7. The second-order valence-corrected chi connectivity index (χ2v) is 4.75. The normalized spacial score (nSPS) is 18.8. The summed E-state index contributed by atoms with van der Waals surface area (Å²) in [4.78, 5) is 15.9. The smallest absolute Gasteiger partial charge is 0.267 e. The summed E-state index contributed by atoms with van der Waals surface area (Å²) in [5.41, 5.74) is 7.23. The first-order valence-electron chi connectivity index (χ1n) is 6.02. The Morgan fingerprint density at radius 2 is 2.17 bits per heavy atom. The number of nitrogens with two attached hydrogens (primary N) is 1. The van der Waals surface area contributed by atoms with Gasteiger partial charge in [0.1, 0.15) is 11.4 Å². The molecule has 0 bridgehead atoms. The van der Waals surface area contributed by atoms with Gasteiger partial charge in [0.05, 0.1) is 5.69 Å². The summed E-state index contributed by atoms with van der Waals surface area (Å²) in [6, 6.07) is 5.46. The Balaban J connectivity index is 2.35. The molecule has 1 heterocycles. The predicted octanol–water partition coefficient (Wildman–Crippen LogP) is 0.944. The van der Waals surface area contributed by atoms with Gasteiger partial charge in [0.25, 0.3) is 5.91 Å². The number of fused-ring (bicyclic) bond motifs is 1. The minimum Gasteiger partial charge on any atom is -0.479 e. The molecular formula is C13H19N3O2. The summed E-state index contributed by atoms with van der Waals surface area (Å²) in [6.45, 7) is 3.16. The summed E-state index contributed by atoms with van der Waals surface area (Å²) < 4.78 is 5.58. The van der Waals surface area contributed by atoms with E-state index in [0.717, 1.165) is 6.54 Å². The minimum atomic E-state index is -0.457. The Bertz CT molecular complexity index is 460. The molecule has 2 N–H and O–H groups in total. The maximum absolute atomic E-state index is 12.2. The van der Waals surface area contributed by atoms with Gasteiger partial charge in [-0.3, -0.25) is 4.79 Å². The first-order chi connectivity index (χ1) is 8.50. The van der Waals surface area contributed by atoms with Crippen LogP contribution in [0.1, 0.15) is 6.92 Å². The third kappa shape index (κ3) is 2.26. The van der Waals surface area contributed by atoms with Crippen molar-refractivity contribution in [3.63, 3.8) is 0 Å². The molecule has 0 spiro atoms. The zero-order chi connectivity index (χ0) is 13.3. The standard InChI is InChI=1S/C13H19N3O2/c1-9-13(17)16(8-7-15(2)3)12-10(14)5-4-6-11(12)18-9/h4-6,9H,7-8,14H2,1-3H3. The molecule has 5 heteroatoms. The fourth-order valence-corrected chi connectivity index (χ4v) is 2.02. The Morgan fingerprint density at radius 1 is 1.44 bits per heavy atom. The summed E-state index contributed by atoms with van der Waals surface area (Å²) in [5.74, 6) is 0.642. The van der Waals surface area contributed by atoms with E-state index < -0.39 is 6.10 Å². The van der Waals surface area contributed by atoms with Gasteiger partial charge in [-0.15, -0.1) is 0 Å². The molecule has 1 atom stereocenters. The summed E-state index contributed by atoms with van der Waals surface area (Å²) in [7, 11) is 3.95. The van der Waals surface area contributed by atoms with E-state index >= 15 is 0 Å². The van der Waals surface area contributed by atoms with Crippen LogP contribution in [-0.4, -0.2) is 44.1 Å². The van der Waals surface area contributed by atoms with Crippen molar-refractivity contribution in [3.8, 4) is 5.75 Å². The molecule has 1 aliphatic rings. The molecule has 0 radical (unpaired) electrons. The fourth-order valence-electron chi connectivity index (χ4n) is 2.02. The van der Waals surface area contributed by atoms with Crippen molar-refractivity contribution in [1.29, 1.82) is 0 Å².